The van der Waals surface area contributed by atoms with Gasteiger partial charge in [0.15, 0.2) is 6.61 Å². The van der Waals surface area contributed by atoms with Crippen LogP contribution in [0.4, 0.5) is 4.39 Å². The maximum absolute atomic E-state index is 14.2. The van der Waals surface area contributed by atoms with E-state index < -0.39 is 17.8 Å². The number of benzene rings is 2. The molecule has 2 aromatic rings. The van der Waals surface area contributed by atoms with Crippen molar-refractivity contribution in [2.45, 2.75) is 46.2 Å². The molecule has 2 amide bonds. The molecule has 0 aliphatic rings. The zero-order valence-corrected chi connectivity index (χ0v) is 19.2. The van der Waals surface area contributed by atoms with Crippen molar-refractivity contribution in [3.05, 3.63) is 63.9 Å². The number of nitrogens with zero attached hydrogens (tertiary/aromatic N) is 1. The van der Waals surface area contributed by atoms with Gasteiger partial charge in [-0.2, -0.15) is 0 Å². The third-order valence-corrected chi connectivity index (χ3v) is 5.68. The molecule has 0 radical (unpaired) electrons. The minimum atomic E-state index is -0.760. The van der Waals surface area contributed by atoms with Crippen molar-refractivity contribution < 1.29 is 18.7 Å². The second kappa shape index (κ2) is 11.7. The molecule has 0 bridgehead atoms. The van der Waals surface area contributed by atoms with Gasteiger partial charge in [0.2, 0.25) is 5.91 Å². The van der Waals surface area contributed by atoms with E-state index >= 15 is 0 Å². The lowest BCUT2D eigenvalue weighted by Crippen LogP contribution is -2.49. The Labute approximate surface area is 185 Å². The molecule has 1 N–H and O–H groups in total. The van der Waals surface area contributed by atoms with E-state index in [0.717, 1.165) is 22.9 Å². The van der Waals surface area contributed by atoms with Crippen molar-refractivity contribution in [1.82, 2.24) is 10.2 Å². The normalized spacial score (nSPS) is 11.6. The van der Waals surface area contributed by atoms with Gasteiger partial charge in [-0.1, -0.05) is 47.5 Å². The number of carbonyl (C=O) groups excluding carboxylic acids is 2. The summed E-state index contributed by atoms with van der Waals surface area (Å²) in [5.74, 6) is -0.530. The third kappa shape index (κ3) is 6.83. The number of hydrogen-bond acceptors (Lipinski definition) is 3. The van der Waals surface area contributed by atoms with Gasteiger partial charge in [-0.15, -0.1) is 0 Å². The lowest BCUT2D eigenvalue weighted by molar-refractivity contribution is -0.142. The Kier molecular flexibility index (Phi) is 9.30. The highest BCUT2D eigenvalue weighted by molar-refractivity contribution is 9.10. The van der Waals surface area contributed by atoms with Crippen LogP contribution in [0.1, 0.15) is 37.8 Å². The van der Waals surface area contributed by atoms with Crippen LogP contribution in [-0.2, 0) is 16.1 Å². The first-order chi connectivity index (χ1) is 14.3. The van der Waals surface area contributed by atoms with Crippen LogP contribution in [0.25, 0.3) is 0 Å². The average Bonchev–Trinajstić information content (AvgIpc) is 2.73. The largest absolute Gasteiger partial charge is 0.484 e. The van der Waals surface area contributed by atoms with Gasteiger partial charge in [0.25, 0.3) is 5.91 Å². The predicted octanol–water partition coefficient (Wildman–Crippen LogP) is 4.61. The molecule has 0 saturated carbocycles. The summed E-state index contributed by atoms with van der Waals surface area (Å²) in [6.07, 6.45) is 1.80. The van der Waals surface area contributed by atoms with Gasteiger partial charge in [-0.25, -0.2) is 4.39 Å². The number of ether oxygens (including phenoxy) is 1. The van der Waals surface area contributed by atoms with Gasteiger partial charge in [0.05, 0.1) is 0 Å². The molecule has 0 heterocycles. The summed E-state index contributed by atoms with van der Waals surface area (Å²) in [6.45, 7) is 5.87. The van der Waals surface area contributed by atoms with E-state index in [0.29, 0.717) is 17.9 Å². The van der Waals surface area contributed by atoms with Crippen LogP contribution >= 0.6 is 15.9 Å². The monoisotopic (exact) mass is 478 g/mol. The van der Waals surface area contributed by atoms with E-state index in [9.17, 15) is 14.0 Å². The Bertz CT molecular complexity index is 875. The number of amides is 2. The molecule has 162 valence electrons. The fourth-order valence-corrected chi connectivity index (χ4v) is 3.11. The molecule has 1 atom stereocenters. The fourth-order valence-electron chi connectivity index (χ4n) is 2.86. The summed E-state index contributed by atoms with van der Waals surface area (Å²) < 4.78 is 20.8. The molecule has 30 heavy (non-hydrogen) atoms. The number of rotatable bonds is 10. The zero-order chi connectivity index (χ0) is 22.1. The highest BCUT2D eigenvalue weighted by Crippen LogP contribution is 2.22. The number of nitrogens with one attached hydrogen (secondary N) is 1. The lowest BCUT2D eigenvalue weighted by atomic mass is 10.1. The van der Waals surface area contributed by atoms with Crippen LogP contribution in [0.3, 0.4) is 0 Å². The van der Waals surface area contributed by atoms with Crippen LogP contribution in [-0.4, -0.2) is 35.9 Å². The first-order valence-electron chi connectivity index (χ1n) is 10.0. The molecule has 0 aromatic heterocycles. The van der Waals surface area contributed by atoms with Crippen LogP contribution < -0.4 is 10.1 Å². The molecule has 0 aliphatic heterocycles. The van der Waals surface area contributed by atoms with Crippen molar-refractivity contribution in [3.8, 4) is 5.75 Å². The minimum Gasteiger partial charge on any atom is -0.484 e. The first kappa shape index (κ1) is 23.9. The van der Waals surface area contributed by atoms with Crippen LogP contribution in [0.15, 0.2) is 46.9 Å². The quantitative estimate of drug-likeness (QED) is 0.507. The zero-order valence-electron chi connectivity index (χ0n) is 17.6. The maximum atomic E-state index is 14.2. The molecule has 2 rings (SSSR count). The Morgan fingerprint density at radius 1 is 1.23 bits per heavy atom. The van der Waals surface area contributed by atoms with E-state index in [-0.39, 0.29) is 19.1 Å². The van der Waals surface area contributed by atoms with Crippen molar-refractivity contribution in [2.24, 2.45) is 0 Å². The second-order valence-electron chi connectivity index (χ2n) is 7.13. The van der Waals surface area contributed by atoms with Gasteiger partial charge in [-0.3, -0.25) is 9.59 Å². The van der Waals surface area contributed by atoms with Crippen LogP contribution in [0, 0.1) is 12.7 Å². The van der Waals surface area contributed by atoms with E-state index in [4.69, 9.17) is 4.74 Å². The topological polar surface area (TPSA) is 58.6 Å². The maximum Gasteiger partial charge on any atom is 0.261 e. The van der Waals surface area contributed by atoms with Crippen LogP contribution in [0.5, 0.6) is 5.75 Å². The van der Waals surface area contributed by atoms with Gasteiger partial charge in [-0.05, 0) is 50.1 Å². The van der Waals surface area contributed by atoms with Crippen molar-refractivity contribution in [2.75, 3.05) is 13.2 Å². The Hall–Kier alpha value is -2.41. The summed E-state index contributed by atoms with van der Waals surface area (Å²) in [7, 11) is 0. The van der Waals surface area contributed by atoms with E-state index in [2.05, 4.69) is 21.2 Å². The van der Waals surface area contributed by atoms with Gasteiger partial charge < -0.3 is 15.0 Å². The predicted molar refractivity (Wildman–Crippen MR) is 119 cm³/mol. The smallest absolute Gasteiger partial charge is 0.261 e. The highest BCUT2D eigenvalue weighted by Gasteiger charge is 2.27. The molecular formula is C23H28BrFN2O3. The number of unbranched alkanes of at least 4 members (excludes halogenated alkanes) is 1. The SMILES string of the molecule is CCCCNC(=O)[C@@H](C)N(Cc1ccccc1F)C(=O)COc1ccc(Br)c(C)c1. The molecule has 0 fully saturated rings. The van der Waals surface area contributed by atoms with E-state index in [1.807, 2.05) is 26.0 Å². The summed E-state index contributed by atoms with van der Waals surface area (Å²) in [6, 6.07) is 10.9. The summed E-state index contributed by atoms with van der Waals surface area (Å²) >= 11 is 3.43. The molecule has 5 nitrogen and oxygen atoms in total. The number of aryl methyl sites for hydroxylation is 1. The third-order valence-electron chi connectivity index (χ3n) is 4.79. The van der Waals surface area contributed by atoms with Gasteiger partial charge in [0.1, 0.15) is 17.6 Å². The summed E-state index contributed by atoms with van der Waals surface area (Å²) in [4.78, 5) is 26.9. The molecule has 0 unspecified atom stereocenters. The fraction of sp³-hybridized carbons (Fsp3) is 0.391. The van der Waals surface area contributed by atoms with Crippen molar-refractivity contribution in [1.29, 1.82) is 0 Å². The van der Waals surface area contributed by atoms with E-state index in [1.165, 1.54) is 11.0 Å². The average molecular weight is 479 g/mol. The number of hydrogen-bond donors (Lipinski definition) is 1. The number of carbonyl (C=O) groups is 2. The summed E-state index contributed by atoms with van der Waals surface area (Å²) in [5, 5.41) is 2.83. The lowest BCUT2D eigenvalue weighted by Gasteiger charge is -2.29. The molecule has 0 saturated heterocycles. The minimum absolute atomic E-state index is 0.0173. The first-order valence-corrected chi connectivity index (χ1v) is 10.8. The van der Waals surface area contributed by atoms with E-state index in [1.54, 1.807) is 31.2 Å². The Balaban J connectivity index is 2.14. The molecule has 0 spiro atoms. The molecule has 2 aromatic carbocycles. The Morgan fingerprint density at radius 3 is 2.63 bits per heavy atom. The highest BCUT2D eigenvalue weighted by atomic mass is 79.9. The summed E-state index contributed by atoms with van der Waals surface area (Å²) in [5.41, 5.74) is 1.32. The second-order valence-corrected chi connectivity index (χ2v) is 7.99. The van der Waals surface area contributed by atoms with Crippen molar-refractivity contribution >= 4 is 27.7 Å². The van der Waals surface area contributed by atoms with Crippen molar-refractivity contribution in [3.63, 3.8) is 0 Å². The number of halogens is 2. The molecule has 7 heteroatoms. The molecule has 0 aliphatic carbocycles. The standard InChI is InChI=1S/C23H28BrFN2O3/c1-4-5-12-26-23(29)17(3)27(14-18-8-6-7-9-21(18)25)22(28)15-30-19-10-11-20(24)16(2)13-19/h6-11,13,17H,4-5,12,14-15H2,1-3H3,(H,26,29)/t17-/m1/s1. The Morgan fingerprint density at radius 2 is 1.97 bits per heavy atom. The van der Waals surface area contributed by atoms with Gasteiger partial charge >= 0.3 is 0 Å². The van der Waals surface area contributed by atoms with Crippen LogP contribution in [0.2, 0.25) is 0 Å². The van der Waals surface area contributed by atoms with Gasteiger partial charge in [0, 0.05) is 23.1 Å². The molecular weight excluding hydrogens is 451 g/mol.